The molecular formula is C15H15FO2S. The maximum Gasteiger partial charge on any atom is 0.132 e. The van der Waals surface area contributed by atoms with Crippen molar-refractivity contribution in [3.05, 3.63) is 59.9 Å². The summed E-state index contributed by atoms with van der Waals surface area (Å²) in [6.45, 7) is 0. The van der Waals surface area contributed by atoms with Crippen LogP contribution in [0.1, 0.15) is 11.7 Å². The highest BCUT2D eigenvalue weighted by Crippen LogP contribution is 2.27. The van der Waals surface area contributed by atoms with Gasteiger partial charge in [0.05, 0.1) is 13.2 Å². The highest BCUT2D eigenvalue weighted by atomic mass is 32.2. The van der Waals surface area contributed by atoms with Crippen molar-refractivity contribution in [2.45, 2.75) is 11.0 Å². The van der Waals surface area contributed by atoms with Gasteiger partial charge in [-0.1, -0.05) is 18.2 Å². The average molecular weight is 278 g/mol. The van der Waals surface area contributed by atoms with Crippen LogP contribution in [0.5, 0.6) is 5.75 Å². The van der Waals surface area contributed by atoms with Gasteiger partial charge in [-0.3, -0.25) is 0 Å². The van der Waals surface area contributed by atoms with Crippen molar-refractivity contribution < 1.29 is 14.2 Å². The molecule has 0 aromatic heterocycles. The fourth-order valence-electron chi connectivity index (χ4n) is 1.69. The van der Waals surface area contributed by atoms with Gasteiger partial charge in [-0.15, -0.1) is 11.8 Å². The predicted molar refractivity (Wildman–Crippen MR) is 75.1 cm³/mol. The van der Waals surface area contributed by atoms with Gasteiger partial charge < -0.3 is 9.84 Å². The molecule has 0 fully saturated rings. The molecule has 2 aromatic rings. The first-order valence-electron chi connectivity index (χ1n) is 5.90. The minimum atomic E-state index is -0.837. The van der Waals surface area contributed by atoms with Crippen LogP contribution >= 0.6 is 11.8 Å². The summed E-state index contributed by atoms with van der Waals surface area (Å²) in [5, 5.41) is 10.0. The second kappa shape index (κ2) is 6.59. The van der Waals surface area contributed by atoms with Gasteiger partial charge in [-0.05, 0) is 24.3 Å². The molecule has 1 N–H and O–H groups in total. The van der Waals surface area contributed by atoms with E-state index in [1.807, 2.05) is 30.3 Å². The molecule has 1 unspecified atom stereocenters. The summed E-state index contributed by atoms with van der Waals surface area (Å²) < 4.78 is 18.7. The maximum absolute atomic E-state index is 13.8. The van der Waals surface area contributed by atoms with Crippen LogP contribution < -0.4 is 4.74 Å². The molecule has 0 saturated carbocycles. The van der Waals surface area contributed by atoms with Crippen LogP contribution in [0.3, 0.4) is 0 Å². The largest absolute Gasteiger partial charge is 0.497 e. The molecule has 4 heteroatoms. The van der Waals surface area contributed by atoms with Crippen LogP contribution in [0.15, 0.2) is 53.4 Å². The fourth-order valence-corrected chi connectivity index (χ4v) is 2.57. The Kier molecular flexibility index (Phi) is 4.82. The van der Waals surface area contributed by atoms with E-state index < -0.39 is 11.9 Å². The number of hydrogen-bond donors (Lipinski definition) is 1. The molecule has 0 radical (unpaired) electrons. The first-order valence-corrected chi connectivity index (χ1v) is 6.88. The van der Waals surface area contributed by atoms with E-state index in [1.165, 1.54) is 24.9 Å². The van der Waals surface area contributed by atoms with Crippen molar-refractivity contribution >= 4 is 11.8 Å². The second-order valence-electron chi connectivity index (χ2n) is 4.03. The number of aliphatic hydroxyl groups excluding tert-OH is 1. The van der Waals surface area contributed by atoms with Crippen LogP contribution in [0.2, 0.25) is 0 Å². The zero-order valence-electron chi connectivity index (χ0n) is 10.5. The van der Waals surface area contributed by atoms with E-state index in [4.69, 9.17) is 4.74 Å². The molecule has 0 amide bonds. The standard InChI is InChI=1S/C15H15FO2S/c1-18-11-7-8-13(14(16)9-11)15(17)10-19-12-5-3-2-4-6-12/h2-9,15,17H,10H2,1H3. The molecule has 2 nitrogen and oxygen atoms in total. The molecule has 0 spiro atoms. The third-order valence-electron chi connectivity index (χ3n) is 2.72. The number of rotatable bonds is 5. The Labute approximate surface area is 116 Å². The van der Waals surface area contributed by atoms with Crippen molar-refractivity contribution in [2.24, 2.45) is 0 Å². The monoisotopic (exact) mass is 278 g/mol. The summed E-state index contributed by atoms with van der Waals surface area (Å²) in [4.78, 5) is 1.05. The molecule has 0 saturated heterocycles. The molecule has 1 atom stereocenters. The molecule has 0 bridgehead atoms. The molecule has 0 aliphatic heterocycles. The minimum Gasteiger partial charge on any atom is -0.497 e. The van der Waals surface area contributed by atoms with E-state index in [2.05, 4.69) is 0 Å². The Bertz CT molecular complexity index is 531. The van der Waals surface area contributed by atoms with E-state index in [-0.39, 0.29) is 0 Å². The van der Waals surface area contributed by atoms with Gasteiger partial charge >= 0.3 is 0 Å². The van der Waals surface area contributed by atoms with E-state index in [9.17, 15) is 9.50 Å². The fraction of sp³-hybridized carbons (Fsp3) is 0.200. The van der Waals surface area contributed by atoms with Crippen LogP contribution in [0, 0.1) is 5.82 Å². The van der Waals surface area contributed by atoms with E-state index >= 15 is 0 Å². The van der Waals surface area contributed by atoms with Gasteiger partial charge in [0.15, 0.2) is 0 Å². The van der Waals surface area contributed by atoms with Gasteiger partial charge in [-0.25, -0.2) is 4.39 Å². The Balaban J connectivity index is 2.02. The zero-order valence-corrected chi connectivity index (χ0v) is 11.4. The Morgan fingerprint density at radius 1 is 1.21 bits per heavy atom. The van der Waals surface area contributed by atoms with Crippen molar-refractivity contribution in [1.82, 2.24) is 0 Å². The van der Waals surface area contributed by atoms with Crippen molar-refractivity contribution in [1.29, 1.82) is 0 Å². The van der Waals surface area contributed by atoms with Gasteiger partial charge in [0.1, 0.15) is 11.6 Å². The molecule has 0 heterocycles. The molecule has 2 rings (SSSR count). The summed E-state index contributed by atoms with van der Waals surface area (Å²) >= 11 is 1.49. The average Bonchev–Trinajstić information content (AvgIpc) is 2.45. The van der Waals surface area contributed by atoms with Crippen LogP contribution in [0.25, 0.3) is 0 Å². The quantitative estimate of drug-likeness (QED) is 0.846. The third kappa shape index (κ3) is 3.72. The van der Waals surface area contributed by atoms with Gasteiger partial charge in [-0.2, -0.15) is 0 Å². The minimum absolute atomic E-state index is 0.296. The van der Waals surface area contributed by atoms with Crippen molar-refractivity contribution in [3.8, 4) is 5.75 Å². The lowest BCUT2D eigenvalue weighted by molar-refractivity contribution is 0.198. The lowest BCUT2D eigenvalue weighted by Crippen LogP contribution is -2.03. The smallest absolute Gasteiger partial charge is 0.132 e. The Hall–Kier alpha value is -1.52. The normalized spacial score (nSPS) is 12.2. The summed E-state index contributed by atoms with van der Waals surface area (Å²) in [6, 6.07) is 14.2. The lowest BCUT2D eigenvalue weighted by Gasteiger charge is -2.12. The predicted octanol–water partition coefficient (Wildman–Crippen LogP) is 3.66. The highest BCUT2D eigenvalue weighted by molar-refractivity contribution is 7.99. The van der Waals surface area contributed by atoms with E-state index in [0.717, 1.165) is 4.90 Å². The lowest BCUT2D eigenvalue weighted by atomic mass is 10.1. The first kappa shape index (κ1) is 13.9. The van der Waals surface area contributed by atoms with Gasteiger partial charge in [0.25, 0.3) is 0 Å². The number of halogens is 1. The van der Waals surface area contributed by atoms with Gasteiger partial charge in [0.2, 0.25) is 0 Å². The second-order valence-corrected chi connectivity index (χ2v) is 5.12. The summed E-state index contributed by atoms with van der Waals surface area (Å²) in [5.41, 5.74) is 0.296. The molecule has 19 heavy (non-hydrogen) atoms. The maximum atomic E-state index is 13.8. The summed E-state index contributed by atoms with van der Waals surface area (Å²) in [5.74, 6) is 0.414. The molecular weight excluding hydrogens is 263 g/mol. The summed E-state index contributed by atoms with van der Waals surface area (Å²) in [7, 11) is 1.48. The van der Waals surface area contributed by atoms with Crippen molar-refractivity contribution in [3.63, 3.8) is 0 Å². The molecule has 100 valence electrons. The SMILES string of the molecule is COc1ccc(C(O)CSc2ccccc2)c(F)c1. The summed E-state index contributed by atoms with van der Waals surface area (Å²) in [6.07, 6.45) is -0.837. The Morgan fingerprint density at radius 3 is 2.58 bits per heavy atom. The molecule has 2 aromatic carbocycles. The van der Waals surface area contributed by atoms with E-state index in [0.29, 0.717) is 17.1 Å². The molecule has 0 aliphatic rings. The first-order chi connectivity index (χ1) is 9.20. The zero-order chi connectivity index (χ0) is 13.7. The number of thioether (sulfide) groups is 1. The molecule has 0 aliphatic carbocycles. The number of aliphatic hydroxyl groups is 1. The van der Waals surface area contributed by atoms with E-state index in [1.54, 1.807) is 12.1 Å². The topological polar surface area (TPSA) is 29.5 Å². The third-order valence-corrected chi connectivity index (χ3v) is 3.81. The number of ether oxygens (including phenoxy) is 1. The highest BCUT2D eigenvalue weighted by Gasteiger charge is 2.13. The number of methoxy groups -OCH3 is 1. The number of benzene rings is 2. The van der Waals surface area contributed by atoms with Crippen LogP contribution in [-0.4, -0.2) is 18.0 Å². The van der Waals surface area contributed by atoms with Crippen molar-refractivity contribution in [2.75, 3.05) is 12.9 Å². The Morgan fingerprint density at radius 2 is 1.95 bits per heavy atom. The van der Waals surface area contributed by atoms with Crippen LogP contribution in [0.4, 0.5) is 4.39 Å². The van der Waals surface area contributed by atoms with Gasteiger partial charge in [0, 0.05) is 22.3 Å². The number of hydrogen-bond acceptors (Lipinski definition) is 3. The van der Waals surface area contributed by atoms with Crippen LogP contribution in [-0.2, 0) is 0 Å².